The molecule has 0 radical (unpaired) electrons. The topological polar surface area (TPSA) is 87.6 Å². The van der Waals surface area contributed by atoms with E-state index in [2.05, 4.69) is 10.1 Å². The van der Waals surface area contributed by atoms with E-state index in [0.717, 1.165) is 22.9 Å². The molecule has 0 aliphatic heterocycles. The van der Waals surface area contributed by atoms with Crippen LogP contribution in [0.5, 0.6) is 11.5 Å². The predicted octanol–water partition coefficient (Wildman–Crippen LogP) is 3.99. The summed E-state index contributed by atoms with van der Waals surface area (Å²) in [7, 11) is 1.60. The molecular formula is C21H18N2O5. The smallest absolute Gasteiger partial charge is 0.336 e. The Bertz CT molecular complexity index is 1180. The van der Waals surface area contributed by atoms with Crippen LogP contribution in [0.15, 0.2) is 62.3 Å². The third-order valence-electron chi connectivity index (χ3n) is 4.34. The summed E-state index contributed by atoms with van der Waals surface area (Å²) in [5, 5.41) is 4.87. The maximum Gasteiger partial charge on any atom is 0.336 e. The fourth-order valence-corrected chi connectivity index (χ4v) is 2.93. The van der Waals surface area contributed by atoms with Gasteiger partial charge in [-0.3, -0.25) is 0 Å². The van der Waals surface area contributed by atoms with E-state index in [9.17, 15) is 4.79 Å². The van der Waals surface area contributed by atoms with E-state index in [1.807, 2.05) is 43.3 Å². The fourth-order valence-electron chi connectivity index (χ4n) is 2.93. The number of aryl methyl sites for hydroxylation is 1. The van der Waals surface area contributed by atoms with Gasteiger partial charge < -0.3 is 18.4 Å². The van der Waals surface area contributed by atoms with Gasteiger partial charge in [0.25, 0.3) is 5.89 Å². The van der Waals surface area contributed by atoms with Crippen LogP contribution in [0.25, 0.3) is 22.4 Å². The number of ether oxygens (including phenoxy) is 2. The number of nitrogens with zero attached hydrogens (tertiary/aromatic N) is 2. The molecule has 4 aromatic rings. The van der Waals surface area contributed by atoms with Crippen LogP contribution >= 0.6 is 0 Å². The molecule has 0 spiro atoms. The summed E-state index contributed by atoms with van der Waals surface area (Å²) in [6, 6.07) is 14.3. The molecule has 28 heavy (non-hydrogen) atoms. The van der Waals surface area contributed by atoms with E-state index in [1.165, 1.54) is 6.07 Å². The largest absolute Gasteiger partial charge is 0.497 e. The van der Waals surface area contributed by atoms with Crippen LogP contribution in [0, 0.1) is 0 Å². The second-order valence-corrected chi connectivity index (χ2v) is 6.13. The zero-order valence-electron chi connectivity index (χ0n) is 15.5. The third kappa shape index (κ3) is 3.59. The van der Waals surface area contributed by atoms with Gasteiger partial charge in [0.05, 0.1) is 7.11 Å². The molecule has 7 nitrogen and oxygen atoms in total. The Morgan fingerprint density at radius 1 is 1.07 bits per heavy atom. The van der Waals surface area contributed by atoms with Gasteiger partial charge in [-0.15, -0.1) is 0 Å². The van der Waals surface area contributed by atoms with Gasteiger partial charge in [-0.25, -0.2) is 4.79 Å². The monoisotopic (exact) mass is 378 g/mol. The highest BCUT2D eigenvalue weighted by molar-refractivity contribution is 5.81. The number of hydrogen-bond donors (Lipinski definition) is 0. The van der Waals surface area contributed by atoms with E-state index in [-0.39, 0.29) is 12.2 Å². The zero-order chi connectivity index (χ0) is 19.5. The molecule has 142 valence electrons. The molecule has 0 fully saturated rings. The molecule has 0 atom stereocenters. The molecule has 7 heteroatoms. The molecule has 2 aromatic carbocycles. The predicted molar refractivity (Wildman–Crippen MR) is 102 cm³/mol. The van der Waals surface area contributed by atoms with Gasteiger partial charge >= 0.3 is 5.63 Å². The molecule has 2 aromatic heterocycles. The highest BCUT2D eigenvalue weighted by atomic mass is 16.5. The maximum atomic E-state index is 11.7. The lowest BCUT2D eigenvalue weighted by atomic mass is 10.1. The molecule has 0 N–H and O–H groups in total. The minimum absolute atomic E-state index is 0.0974. The van der Waals surface area contributed by atoms with Crippen molar-refractivity contribution in [2.45, 2.75) is 20.0 Å². The molecule has 0 aliphatic rings. The molecule has 2 heterocycles. The summed E-state index contributed by atoms with van der Waals surface area (Å²) in [4.78, 5) is 16.0. The number of methoxy groups -OCH3 is 1. The summed E-state index contributed by atoms with van der Waals surface area (Å²) in [5.74, 6) is 2.05. The summed E-state index contributed by atoms with van der Waals surface area (Å²) < 4.78 is 21.5. The van der Waals surface area contributed by atoms with Crippen molar-refractivity contribution in [1.82, 2.24) is 10.1 Å². The van der Waals surface area contributed by atoms with Crippen molar-refractivity contribution >= 4 is 11.0 Å². The average Bonchev–Trinajstić information content (AvgIpc) is 3.20. The van der Waals surface area contributed by atoms with Crippen LogP contribution in [0.2, 0.25) is 0 Å². The van der Waals surface area contributed by atoms with Crippen molar-refractivity contribution < 1.29 is 18.4 Å². The van der Waals surface area contributed by atoms with E-state index < -0.39 is 0 Å². The van der Waals surface area contributed by atoms with Gasteiger partial charge in [0.1, 0.15) is 17.1 Å². The van der Waals surface area contributed by atoms with Crippen LogP contribution in [-0.4, -0.2) is 17.3 Å². The molecule has 0 saturated carbocycles. The first kappa shape index (κ1) is 17.8. The van der Waals surface area contributed by atoms with Crippen molar-refractivity contribution in [3.8, 4) is 22.9 Å². The van der Waals surface area contributed by atoms with E-state index in [0.29, 0.717) is 28.8 Å². The van der Waals surface area contributed by atoms with Gasteiger partial charge in [0.15, 0.2) is 6.61 Å². The summed E-state index contributed by atoms with van der Waals surface area (Å²) in [5.41, 5.74) is 1.84. The number of aromatic nitrogens is 2. The lowest BCUT2D eigenvalue weighted by Gasteiger charge is -2.06. The third-order valence-corrected chi connectivity index (χ3v) is 4.34. The quantitative estimate of drug-likeness (QED) is 0.469. The lowest BCUT2D eigenvalue weighted by molar-refractivity contribution is 0.243. The molecule has 0 aliphatic carbocycles. The lowest BCUT2D eigenvalue weighted by Crippen LogP contribution is -2.00. The fraction of sp³-hybridized carbons (Fsp3) is 0.190. The first-order valence-electron chi connectivity index (χ1n) is 8.83. The van der Waals surface area contributed by atoms with E-state index >= 15 is 0 Å². The Morgan fingerprint density at radius 2 is 1.96 bits per heavy atom. The van der Waals surface area contributed by atoms with Gasteiger partial charge in [-0.1, -0.05) is 24.2 Å². The first-order chi connectivity index (χ1) is 13.7. The van der Waals surface area contributed by atoms with Crippen molar-refractivity contribution in [3.63, 3.8) is 0 Å². The van der Waals surface area contributed by atoms with Crippen molar-refractivity contribution in [2.24, 2.45) is 0 Å². The first-order valence-corrected chi connectivity index (χ1v) is 8.83. The summed E-state index contributed by atoms with van der Waals surface area (Å²) in [6.45, 7) is 2.09. The van der Waals surface area contributed by atoms with Crippen LogP contribution in [0.4, 0.5) is 0 Å². The SMILES string of the molecule is CCc1cc(=O)oc2cc(OCc3nc(-c4cccc(OC)c4)no3)ccc12. The summed E-state index contributed by atoms with van der Waals surface area (Å²) >= 11 is 0. The van der Waals surface area contributed by atoms with Gasteiger partial charge in [0, 0.05) is 23.1 Å². The van der Waals surface area contributed by atoms with Crippen molar-refractivity contribution in [3.05, 3.63) is 70.4 Å². The van der Waals surface area contributed by atoms with E-state index in [4.69, 9.17) is 18.4 Å². The Hall–Kier alpha value is -3.61. The van der Waals surface area contributed by atoms with Gasteiger partial charge in [-0.05, 0) is 36.2 Å². The zero-order valence-corrected chi connectivity index (χ0v) is 15.5. The Labute approximate surface area is 160 Å². The Kier molecular flexibility index (Phi) is 4.80. The minimum atomic E-state index is -0.374. The van der Waals surface area contributed by atoms with E-state index in [1.54, 1.807) is 13.2 Å². The molecule has 0 saturated heterocycles. The molecular weight excluding hydrogens is 360 g/mol. The van der Waals surface area contributed by atoms with Crippen LogP contribution in [0.1, 0.15) is 18.4 Å². The maximum absolute atomic E-state index is 11.7. The molecule has 4 rings (SSSR count). The minimum Gasteiger partial charge on any atom is -0.497 e. The normalized spacial score (nSPS) is 10.9. The number of benzene rings is 2. The molecule has 0 amide bonds. The molecule has 0 unspecified atom stereocenters. The Balaban J connectivity index is 1.52. The second-order valence-electron chi connectivity index (χ2n) is 6.13. The number of fused-ring (bicyclic) bond motifs is 1. The van der Waals surface area contributed by atoms with Crippen LogP contribution in [-0.2, 0) is 13.0 Å². The van der Waals surface area contributed by atoms with Crippen LogP contribution < -0.4 is 15.1 Å². The van der Waals surface area contributed by atoms with Crippen LogP contribution in [0.3, 0.4) is 0 Å². The number of rotatable bonds is 6. The Morgan fingerprint density at radius 3 is 2.79 bits per heavy atom. The highest BCUT2D eigenvalue weighted by Gasteiger charge is 2.11. The van der Waals surface area contributed by atoms with Crippen molar-refractivity contribution in [1.29, 1.82) is 0 Å². The summed E-state index contributed by atoms with van der Waals surface area (Å²) in [6.07, 6.45) is 0.747. The average molecular weight is 378 g/mol. The van der Waals surface area contributed by atoms with Gasteiger partial charge in [-0.2, -0.15) is 4.98 Å². The second kappa shape index (κ2) is 7.56. The van der Waals surface area contributed by atoms with Gasteiger partial charge in [0.2, 0.25) is 5.82 Å². The van der Waals surface area contributed by atoms with Crippen molar-refractivity contribution in [2.75, 3.05) is 7.11 Å². The highest BCUT2D eigenvalue weighted by Crippen LogP contribution is 2.24. The standard InChI is InChI=1S/C21H18N2O5/c1-3-13-10-20(24)27-18-11-16(7-8-17(13)18)26-12-19-22-21(23-28-19)14-5-4-6-15(9-14)25-2/h4-11H,3,12H2,1-2H3. The molecule has 0 bridgehead atoms. The number of hydrogen-bond acceptors (Lipinski definition) is 7.